The van der Waals surface area contributed by atoms with E-state index in [0.29, 0.717) is 5.56 Å². The van der Waals surface area contributed by atoms with Gasteiger partial charge in [0.1, 0.15) is 6.07 Å². The normalized spacial score (nSPS) is 10.6. The third kappa shape index (κ3) is 2.23. The van der Waals surface area contributed by atoms with Gasteiger partial charge in [0.2, 0.25) is 0 Å². The number of anilines is 1. The average molecular weight is 276 g/mol. The lowest BCUT2D eigenvalue weighted by Crippen LogP contribution is -2.07. The first-order valence-corrected chi connectivity index (χ1v) is 6.76. The zero-order valence-electron chi connectivity index (χ0n) is 12.3. The Balaban J connectivity index is 2.24. The molecule has 3 rings (SSSR count). The smallest absolute Gasteiger partial charge is 0.103 e. The van der Waals surface area contributed by atoms with E-state index in [4.69, 9.17) is 0 Å². The van der Waals surface area contributed by atoms with E-state index < -0.39 is 0 Å². The van der Waals surface area contributed by atoms with Crippen LogP contribution < -0.4 is 4.90 Å². The summed E-state index contributed by atoms with van der Waals surface area (Å²) in [6.45, 7) is 2.03. The number of hydrogen-bond donors (Lipinski definition) is 0. The molecule has 4 nitrogen and oxygen atoms in total. The zero-order valence-corrected chi connectivity index (χ0v) is 12.3. The Morgan fingerprint density at radius 1 is 1.19 bits per heavy atom. The molecule has 0 unspecified atom stereocenters. The quantitative estimate of drug-likeness (QED) is 0.721. The molecule has 104 valence electrons. The highest BCUT2D eigenvalue weighted by Crippen LogP contribution is 2.29. The molecule has 0 saturated carbocycles. The molecule has 0 spiro atoms. The summed E-state index contributed by atoms with van der Waals surface area (Å²) in [6.07, 6.45) is 3.56. The van der Waals surface area contributed by atoms with E-state index in [-0.39, 0.29) is 0 Å². The molecule has 1 aromatic carbocycles. The highest BCUT2D eigenvalue weighted by molar-refractivity contribution is 5.85. The number of aromatic nitrogens is 2. The molecule has 2 heterocycles. The summed E-state index contributed by atoms with van der Waals surface area (Å²) < 4.78 is 1.78. The number of benzene rings is 1. The summed E-state index contributed by atoms with van der Waals surface area (Å²) in [4.78, 5) is 2.06. The fraction of sp³-hybridized carbons (Fsp3) is 0.176. The maximum Gasteiger partial charge on any atom is 0.103 e. The Bertz CT molecular complexity index is 836. The molecule has 0 atom stereocenters. The number of fused-ring (bicyclic) bond motifs is 1. The second-order valence-electron chi connectivity index (χ2n) is 5.34. The number of pyridine rings is 1. The summed E-state index contributed by atoms with van der Waals surface area (Å²) in [5.41, 5.74) is 5.85. The van der Waals surface area contributed by atoms with Gasteiger partial charge in [-0.2, -0.15) is 10.4 Å². The van der Waals surface area contributed by atoms with Crippen molar-refractivity contribution in [3.63, 3.8) is 0 Å². The minimum absolute atomic E-state index is 0.599. The van der Waals surface area contributed by atoms with Crippen molar-refractivity contribution in [2.24, 2.45) is 0 Å². The van der Waals surface area contributed by atoms with Crippen LogP contribution in [0.4, 0.5) is 5.69 Å². The Kier molecular flexibility index (Phi) is 3.11. The van der Waals surface area contributed by atoms with Crippen molar-refractivity contribution >= 4 is 11.2 Å². The molecule has 0 fully saturated rings. The maximum absolute atomic E-state index is 9.27. The number of hydrogen-bond acceptors (Lipinski definition) is 3. The Hall–Kier alpha value is -2.80. The third-order valence-electron chi connectivity index (χ3n) is 3.56. The van der Waals surface area contributed by atoms with Crippen LogP contribution >= 0.6 is 0 Å². The molecular weight excluding hydrogens is 260 g/mol. The second kappa shape index (κ2) is 4.95. The van der Waals surface area contributed by atoms with Crippen molar-refractivity contribution in [2.75, 3.05) is 19.0 Å². The highest BCUT2D eigenvalue weighted by Gasteiger charge is 2.11. The van der Waals surface area contributed by atoms with Crippen molar-refractivity contribution in [1.29, 1.82) is 5.26 Å². The molecule has 0 bridgehead atoms. The molecule has 0 amide bonds. The number of aryl methyl sites for hydroxylation is 1. The van der Waals surface area contributed by atoms with Crippen LogP contribution in [0.2, 0.25) is 0 Å². The van der Waals surface area contributed by atoms with Crippen molar-refractivity contribution in [3.05, 3.63) is 53.9 Å². The van der Waals surface area contributed by atoms with Crippen LogP contribution in [-0.2, 0) is 0 Å². The lowest BCUT2D eigenvalue weighted by Gasteiger charge is -2.13. The lowest BCUT2D eigenvalue weighted by molar-refractivity contribution is 0.953. The van der Waals surface area contributed by atoms with E-state index in [1.807, 2.05) is 27.2 Å². The minimum atomic E-state index is 0.599. The largest absolute Gasteiger partial charge is 0.378 e. The van der Waals surface area contributed by atoms with Gasteiger partial charge in [-0.25, -0.2) is 4.52 Å². The summed E-state index contributed by atoms with van der Waals surface area (Å²) in [7, 11) is 4.04. The molecule has 2 aromatic heterocycles. The molecule has 0 N–H and O–H groups in total. The SMILES string of the molecule is Cc1cc(-c2ccc(N(C)C)cc2)c2c(C#N)cnn2c1. The van der Waals surface area contributed by atoms with Crippen molar-refractivity contribution in [1.82, 2.24) is 9.61 Å². The van der Waals surface area contributed by atoms with Crippen LogP contribution in [0.3, 0.4) is 0 Å². The summed E-state index contributed by atoms with van der Waals surface area (Å²) in [5, 5.41) is 13.5. The van der Waals surface area contributed by atoms with Gasteiger partial charge >= 0.3 is 0 Å². The summed E-state index contributed by atoms with van der Waals surface area (Å²) in [6, 6.07) is 12.6. The van der Waals surface area contributed by atoms with Crippen LogP contribution in [0, 0.1) is 18.3 Å². The van der Waals surface area contributed by atoms with Crippen LogP contribution in [0.15, 0.2) is 42.7 Å². The van der Waals surface area contributed by atoms with E-state index in [9.17, 15) is 5.26 Å². The standard InChI is InChI=1S/C17H16N4/c1-12-8-16(13-4-6-15(7-5-13)20(2)3)17-14(9-18)10-19-21(17)11-12/h4-8,10-11H,1-3H3. The first-order chi connectivity index (χ1) is 10.1. The zero-order chi connectivity index (χ0) is 15.0. The Labute approximate surface area is 123 Å². The highest BCUT2D eigenvalue weighted by atomic mass is 15.2. The molecule has 21 heavy (non-hydrogen) atoms. The fourth-order valence-corrected chi connectivity index (χ4v) is 2.50. The second-order valence-corrected chi connectivity index (χ2v) is 5.34. The van der Waals surface area contributed by atoms with Gasteiger partial charge in [-0.1, -0.05) is 12.1 Å². The van der Waals surface area contributed by atoms with Gasteiger partial charge in [-0.15, -0.1) is 0 Å². The van der Waals surface area contributed by atoms with Crippen molar-refractivity contribution in [3.8, 4) is 17.2 Å². The number of nitriles is 1. The van der Waals surface area contributed by atoms with Crippen LogP contribution in [0.25, 0.3) is 16.6 Å². The van der Waals surface area contributed by atoms with Gasteiger partial charge in [-0.3, -0.25) is 0 Å². The predicted molar refractivity (Wildman–Crippen MR) is 84.4 cm³/mol. The van der Waals surface area contributed by atoms with Crippen molar-refractivity contribution < 1.29 is 0 Å². The molecule has 4 heteroatoms. The molecule has 0 aliphatic rings. The van der Waals surface area contributed by atoms with Crippen molar-refractivity contribution in [2.45, 2.75) is 6.92 Å². The van der Waals surface area contributed by atoms with Crippen LogP contribution in [-0.4, -0.2) is 23.7 Å². The van der Waals surface area contributed by atoms with Crippen LogP contribution in [0.5, 0.6) is 0 Å². The van der Waals surface area contributed by atoms with Gasteiger partial charge in [0.15, 0.2) is 0 Å². The Morgan fingerprint density at radius 3 is 2.52 bits per heavy atom. The van der Waals surface area contributed by atoms with E-state index in [1.165, 1.54) is 0 Å². The van der Waals surface area contributed by atoms with Crippen LogP contribution in [0.1, 0.15) is 11.1 Å². The molecule has 0 radical (unpaired) electrons. The maximum atomic E-state index is 9.27. The van der Waals surface area contributed by atoms with E-state index in [0.717, 1.165) is 27.9 Å². The number of rotatable bonds is 2. The Morgan fingerprint density at radius 2 is 1.90 bits per heavy atom. The van der Waals surface area contributed by atoms with Gasteiger partial charge in [0, 0.05) is 31.5 Å². The topological polar surface area (TPSA) is 44.3 Å². The van der Waals surface area contributed by atoms with Gasteiger partial charge in [-0.05, 0) is 36.2 Å². The predicted octanol–water partition coefficient (Wildman–Crippen LogP) is 3.25. The molecule has 0 saturated heterocycles. The average Bonchev–Trinajstić information content (AvgIpc) is 2.89. The van der Waals surface area contributed by atoms with E-state index in [1.54, 1.807) is 10.7 Å². The monoisotopic (exact) mass is 276 g/mol. The molecular formula is C17H16N4. The molecule has 0 aliphatic heterocycles. The van der Waals surface area contributed by atoms with Gasteiger partial charge in [0.25, 0.3) is 0 Å². The van der Waals surface area contributed by atoms with E-state index in [2.05, 4.69) is 46.4 Å². The first kappa shape index (κ1) is 13.2. The minimum Gasteiger partial charge on any atom is -0.378 e. The summed E-state index contributed by atoms with van der Waals surface area (Å²) in [5.74, 6) is 0. The fourth-order valence-electron chi connectivity index (χ4n) is 2.50. The third-order valence-corrected chi connectivity index (χ3v) is 3.56. The van der Waals surface area contributed by atoms with E-state index >= 15 is 0 Å². The van der Waals surface area contributed by atoms with Gasteiger partial charge in [0.05, 0.1) is 17.3 Å². The summed E-state index contributed by atoms with van der Waals surface area (Å²) >= 11 is 0. The molecule has 0 aliphatic carbocycles. The molecule has 3 aromatic rings. The lowest BCUT2D eigenvalue weighted by atomic mass is 10.0. The number of nitrogens with zero attached hydrogens (tertiary/aromatic N) is 4. The first-order valence-electron chi connectivity index (χ1n) is 6.76. The van der Waals surface area contributed by atoms with Gasteiger partial charge < -0.3 is 4.90 Å².